The van der Waals surface area contributed by atoms with Crippen LogP contribution in [0.5, 0.6) is 0 Å². The second-order valence-electron chi connectivity index (χ2n) is 5.33. The summed E-state index contributed by atoms with van der Waals surface area (Å²) in [6.45, 7) is 6.25. The van der Waals surface area contributed by atoms with Gasteiger partial charge >= 0.3 is 0 Å². The van der Waals surface area contributed by atoms with Gasteiger partial charge in [-0.05, 0) is 61.6 Å². The topological polar surface area (TPSA) is 23.8 Å². The Bertz CT molecular complexity index is 644. The highest BCUT2D eigenvalue weighted by Gasteiger charge is 2.17. The lowest BCUT2D eigenvalue weighted by molar-refractivity contribution is 0.832. The van der Waals surface area contributed by atoms with Crippen LogP contribution in [-0.2, 0) is 6.42 Å². The van der Waals surface area contributed by atoms with E-state index in [2.05, 4.69) is 39.0 Å². The van der Waals surface area contributed by atoms with Crippen LogP contribution in [0.4, 0.5) is 0 Å². The molecule has 0 amide bonds. The van der Waals surface area contributed by atoms with Crippen LogP contribution in [0.1, 0.15) is 33.7 Å². The van der Waals surface area contributed by atoms with Crippen molar-refractivity contribution in [3.8, 4) is 6.07 Å². The standard InChI is InChI=1S/C18H18ClN/c1-12-7-13(2)18(14(3)8-12)16(11-20)9-15-5-4-6-17(19)10-15/h4-8,10,16H,9H2,1-3H3. The maximum absolute atomic E-state index is 9.55. The molecule has 0 bridgehead atoms. The van der Waals surface area contributed by atoms with E-state index in [9.17, 15) is 5.26 Å². The molecule has 1 atom stereocenters. The van der Waals surface area contributed by atoms with Gasteiger partial charge in [0.2, 0.25) is 0 Å². The molecule has 2 heteroatoms. The first kappa shape index (κ1) is 14.6. The zero-order valence-corrected chi connectivity index (χ0v) is 12.8. The minimum absolute atomic E-state index is 0.130. The maximum Gasteiger partial charge on any atom is 0.0758 e. The van der Waals surface area contributed by atoms with Gasteiger partial charge in [0, 0.05) is 5.02 Å². The van der Waals surface area contributed by atoms with E-state index in [1.807, 2.05) is 24.3 Å². The molecule has 0 spiro atoms. The molecule has 2 aromatic rings. The average molecular weight is 284 g/mol. The Morgan fingerprint density at radius 3 is 2.30 bits per heavy atom. The fraction of sp³-hybridized carbons (Fsp3) is 0.278. The van der Waals surface area contributed by atoms with Crippen LogP contribution in [-0.4, -0.2) is 0 Å². The van der Waals surface area contributed by atoms with E-state index in [1.165, 1.54) is 16.7 Å². The SMILES string of the molecule is Cc1cc(C)c(C(C#N)Cc2cccc(Cl)c2)c(C)c1. The van der Waals surface area contributed by atoms with Crippen molar-refractivity contribution in [1.82, 2.24) is 0 Å². The Kier molecular flexibility index (Phi) is 4.47. The highest BCUT2D eigenvalue weighted by molar-refractivity contribution is 6.30. The van der Waals surface area contributed by atoms with Gasteiger partial charge in [-0.2, -0.15) is 5.26 Å². The van der Waals surface area contributed by atoms with Gasteiger partial charge in [-0.1, -0.05) is 41.4 Å². The lowest BCUT2D eigenvalue weighted by Gasteiger charge is -2.16. The highest BCUT2D eigenvalue weighted by atomic mass is 35.5. The summed E-state index contributed by atoms with van der Waals surface area (Å²) in [5.41, 5.74) is 5.87. The fourth-order valence-corrected chi connectivity index (χ4v) is 3.07. The molecule has 1 unspecified atom stereocenters. The highest BCUT2D eigenvalue weighted by Crippen LogP contribution is 2.28. The molecule has 102 valence electrons. The number of hydrogen-bond donors (Lipinski definition) is 0. The van der Waals surface area contributed by atoms with Crippen LogP contribution in [0, 0.1) is 32.1 Å². The molecule has 1 nitrogen and oxygen atoms in total. The van der Waals surface area contributed by atoms with Crippen LogP contribution in [0.2, 0.25) is 5.02 Å². The molecule has 0 aliphatic heterocycles. The first-order valence-corrected chi connectivity index (χ1v) is 7.11. The third kappa shape index (κ3) is 3.21. The van der Waals surface area contributed by atoms with Gasteiger partial charge in [0.05, 0.1) is 12.0 Å². The normalized spacial score (nSPS) is 11.9. The predicted octanol–water partition coefficient (Wildman–Crippen LogP) is 5.12. The number of nitrogens with zero attached hydrogens (tertiary/aromatic N) is 1. The molecule has 0 heterocycles. The summed E-state index contributed by atoms with van der Waals surface area (Å²) in [5, 5.41) is 10.3. The van der Waals surface area contributed by atoms with Crippen molar-refractivity contribution >= 4 is 11.6 Å². The predicted molar refractivity (Wildman–Crippen MR) is 84.2 cm³/mol. The summed E-state index contributed by atoms with van der Waals surface area (Å²) in [6.07, 6.45) is 0.696. The first-order chi connectivity index (χ1) is 9.51. The quantitative estimate of drug-likeness (QED) is 0.767. The largest absolute Gasteiger partial charge is 0.198 e. The lowest BCUT2D eigenvalue weighted by atomic mass is 9.86. The molecular formula is C18H18ClN. The van der Waals surface area contributed by atoms with E-state index in [4.69, 9.17) is 11.6 Å². The van der Waals surface area contributed by atoms with E-state index in [0.717, 1.165) is 16.1 Å². The van der Waals surface area contributed by atoms with E-state index in [0.29, 0.717) is 6.42 Å². The van der Waals surface area contributed by atoms with Crippen molar-refractivity contribution in [2.75, 3.05) is 0 Å². The number of benzene rings is 2. The third-order valence-electron chi connectivity index (χ3n) is 3.57. The van der Waals surface area contributed by atoms with Crippen LogP contribution in [0.15, 0.2) is 36.4 Å². The van der Waals surface area contributed by atoms with Crippen LogP contribution >= 0.6 is 11.6 Å². The zero-order chi connectivity index (χ0) is 14.7. The number of halogens is 1. The molecule has 2 aromatic carbocycles. The molecule has 0 aromatic heterocycles. The molecule has 0 radical (unpaired) electrons. The Hall–Kier alpha value is -1.78. The van der Waals surface area contributed by atoms with Crippen molar-refractivity contribution in [3.63, 3.8) is 0 Å². The van der Waals surface area contributed by atoms with Crippen molar-refractivity contribution in [2.24, 2.45) is 0 Å². The Balaban J connectivity index is 2.37. The minimum atomic E-state index is -0.130. The molecule has 0 N–H and O–H groups in total. The number of nitriles is 1. The summed E-state index contributed by atoms with van der Waals surface area (Å²) in [4.78, 5) is 0. The van der Waals surface area contributed by atoms with Crippen LogP contribution in [0.25, 0.3) is 0 Å². The second-order valence-corrected chi connectivity index (χ2v) is 5.76. The summed E-state index contributed by atoms with van der Waals surface area (Å²) in [5.74, 6) is -0.130. The first-order valence-electron chi connectivity index (χ1n) is 6.73. The molecule has 0 aliphatic rings. The smallest absolute Gasteiger partial charge is 0.0758 e. The Morgan fingerprint density at radius 1 is 1.10 bits per heavy atom. The minimum Gasteiger partial charge on any atom is -0.198 e. The van der Waals surface area contributed by atoms with Gasteiger partial charge in [-0.15, -0.1) is 0 Å². The third-order valence-corrected chi connectivity index (χ3v) is 3.81. The van der Waals surface area contributed by atoms with Gasteiger partial charge in [0.1, 0.15) is 0 Å². The average Bonchev–Trinajstić information content (AvgIpc) is 2.36. The maximum atomic E-state index is 9.55. The van der Waals surface area contributed by atoms with E-state index >= 15 is 0 Å². The lowest BCUT2D eigenvalue weighted by Crippen LogP contribution is -2.05. The molecule has 0 aliphatic carbocycles. The number of aryl methyl sites for hydroxylation is 3. The molecule has 0 saturated heterocycles. The van der Waals surface area contributed by atoms with E-state index in [1.54, 1.807) is 0 Å². The Labute approximate surface area is 125 Å². The summed E-state index contributed by atoms with van der Waals surface area (Å²) in [6, 6.07) is 14.5. The van der Waals surface area contributed by atoms with E-state index < -0.39 is 0 Å². The summed E-state index contributed by atoms with van der Waals surface area (Å²) in [7, 11) is 0. The van der Waals surface area contributed by atoms with Crippen LogP contribution in [0.3, 0.4) is 0 Å². The molecular weight excluding hydrogens is 266 g/mol. The van der Waals surface area contributed by atoms with Crippen molar-refractivity contribution in [2.45, 2.75) is 33.1 Å². The molecule has 0 saturated carbocycles. The zero-order valence-electron chi connectivity index (χ0n) is 12.1. The number of hydrogen-bond acceptors (Lipinski definition) is 1. The van der Waals surface area contributed by atoms with Gasteiger partial charge in [0.15, 0.2) is 0 Å². The monoisotopic (exact) mass is 283 g/mol. The van der Waals surface area contributed by atoms with Gasteiger partial charge in [-0.3, -0.25) is 0 Å². The van der Waals surface area contributed by atoms with Crippen molar-refractivity contribution in [1.29, 1.82) is 5.26 Å². The van der Waals surface area contributed by atoms with Crippen LogP contribution < -0.4 is 0 Å². The number of rotatable bonds is 3. The fourth-order valence-electron chi connectivity index (χ4n) is 2.85. The van der Waals surface area contributed by atoms with Gasteiger partial charge < -0.3 is 0 Å². The van der Waals surface area contributed by atoms with Crippen molar-refractivity contribution in [3.05, 3.63) is 69.2 Å². The summed E-state index contributed by atoms with van der Waals surface area (Å²) >= 11 is 6.02. The van der Waals surface area contributed by atoms with E-state index in [-0.39, 0.29) is 5.92 Å². The Morgan fingerprint density at radius 2 is 1.75 bits per heavy atom. The second kappa shape index (κ2) is 6.11. The molecule has 0 fully saturated rings. The van der Waals surface area contributed by atoms with Crippen molar-refractivity contribution < 1.29 is 0 Å². The molecule has 20 heavy (non-hydrogen) atoms. The van der Waals surface area contributed by atoms with Gasteiger partial charge in [-0.25, -0.2) is 0 Å². The van der Waals surface area contributed by atoms with Gasteiger partial charge in [0.25, 0.3) is 0 Å². The summed E-state index contributed by atoms with van der Waals surface area (Å²) < 4.78 is 0. The molecule has 2 rings (SSSR count).